The predicted octanol–water partition coefficient (Wildman–Crippen LogP) is 3.58. The molecule has 2 aromatic carbocycles. The summed E-state index contributed by atoms with van der Waals surface area (Å²) in [4.78, 5) is 28.5. The van der Waals surface area contributed by atoms with Crippen LogP contribution >= 0.6 is 0 Å². The molecule has 6 heteroatoms. The van der Waals surface area contributed by atoms with Crippen molar-refractivity contribution in [3.63, 3.8) is 0 Å². The predicted molar refractivity (Wildman–Crippen MR) is 136 cm³/mol. The third-order valence-corrected chi connectivity index (χ3v) is 9.83. The van der Waals surface area contributed by atoms with E-state index in [0.29, 0.717) is 0 Å². The Labute approximate surface area is 210 Å². The molecule has 0 bridgehead atoms. The third kappa shape index (κ3) is 8.01. The van der Waals surface area contributed by atoms with Gasteiger partial charge in [-0.2, -0.15) is 0 Å². The summed E-state index contributed by atoms with van der Waals surface area (Å²) in [5, 5.41) is 0. The van der Waals surface area contributed by atoms with E-state index in [1.165, 1.54) is 20.1 Å². The van der Waals surface area contributed by atoms with E-state index in [-0.39, 0.29) is 56.0 Å². The van der Waals surface area contributed by atoms with Crippen LogP contribution in [0.5, 0.6) is 0 Å². The van der Waals surface area contributed by atoms with Crippen LogP contribution in [0.4, 0.5) is 0 Å². The molecule has 0 fully saturated rings. The number of aryl methyl sites for hydroxylation is 2. The second kappa shape index (κ2) is 13.6. The average molecular weight is 578 g/mol. The molecule has 0 atom stereocenters. The van der Waals surface area contributed by atoms with E-state index in [2.05, 4.69) is 73.9 Å². The number of hydrogen-bond acceptors (Lipinski definition) is 4. The van der Waals surface area contributed by atoms with Crippen molar-refractivity contribution in [3.05, 3.63) is 81.8 Å². The second-order valence-electron chi connectivity index (χ2n) is 7.62. The summed E-state index contributed by atoms with van der Waals surface area (Å²) in [6, 6.07) is 16.9. The van der Waals surface area contributed by atoms with Crippen LogP contribution < -0.4 is 8.92 Å². The molecular formula is C27H32O4Se2. The van der Waals surface area contributed by atoms with Gasteiger partial charge in [0.15, 0.2) is 0 Å². The van der Waals surface area contributed by atoms with E-state index in [1.807, 2.05) is 0 Å². The van der Waals surface area contributed by atoms with Crippen LogP contribution in [0.1, 0.15) is 37.8 Å². The first-order chi connectivity index (χ1) is 15.8. The normalized spacial score (nSPS) is 11.7. The molecular weight excluding hydrogens is 546 g/mol. The number of ether oxygens (including phenoxy) is 2. The van der Waals surface area contributed by atoms with Gasteiger partial charge in [0, 0.05) is 0 Å². The van der Waals surface area contributed by atoms with Crippen molar-refractivity contribution in [3.8, 4) is 0 Å². The van der Waals surface area contributed by atoms with E-state index < -0.39 is 17.4 Å². The molecule has 0 aromatic heterocycles. The molecule has 0 unspecified atom stereocenters. The van der Waals surface area contributed by atoms with Gasteiger partial charge in [0.1, 0.15) is 0 Å². The van der Waals surface area contributed by atoms with Crippen molar-refractivity contribution in [2.45, 2.75) is 40.5 Å². The number of rotatable bonds is 12. The van der Waals surface area contributed by atoms with Crippen LogP contribution in [0.2, 0.25) is 0 Å². The zero-order valence-corrected chi connectivity index (χ0v) is 23.2. The molecule has 0 amide bonds. The summed E-state index contributed by atoms with van der Waals surface area (Å²) in [5.41, 5.74) is 0.996. The van der Waals surface area contributed by atoms with E-state index >= 15 is 0 Å². The fourth-order valence-corrected chi connectivity index (χ4v) is 7.53. The van der Waals surface area contributed by atoms with E-state index in [1.54, 1.807) is 19.9 Å². The molecule has 0 spiro atoms. The molecule has 0 aliphatic rings. The molecule has 2 rings (SSSR count). The van der Waals surface area contributed by atoms with Gasteiger partial charge < -0.3 is 0 Å². The summed E-state index contributed by atoms with van der Waals surface area (Å²) >= 11 is 0.0181. The number of carbonyl (C=O) groups is 2. The number of allylic oxidation sites excluding steroid dienone is 2. The molecule has 176 valence electrons. The van der Waals surface area contributed by atoms with Gasteiger partial charge in [-0.15, -0.1) is 0 Å². The van der Waals surface area contributed by atoms with Crippen molar-refractivity contribution in [2.24, 2.45) is 5.41 Å². The summed E-state index contributed by atoms with van der Waals surface area (Å²) in [6.45, 7) is 11.8. The van der Waals surface area contributed by atoms with Gasteiger partial charge >= 0.3 is 211 Å². The van der Waals surface area contributed by atoms with Crippen molar-refractivity contribution in [2.75, 3.05) is 13.2 Å². The van der Waals surface area contributed by atoms with Crippen LogP contribution in [0, 0.1) is 19.3 Å². The zero-order chi connectivity index (χ0) is 24.3. The number of carbonyl (C=O) groups excluding carboxylic acids is 2. The topological polar surface area (TPSA) is 52.6 Å². The molecule has 0 heterocycles. The summed E-state index contributed by atoms with van der Waals surface area (Å²) in [7, 11) is 0. The Balaban J connectivity index is 2.47. The first-order valence-electron chi connectivity index (χ1n) is 11.0. The third-order valence-electron chi connectivity index (χ3n) is 4.92. The van der Waals surface area contributed by atoms with Gasteiger partial charge in [0.05, 0.1) is 0 Å². The SMILES string of the molecule is C=CCC(C/C(=C/[Se]c1ccc(C)cc1)[Se]c1ccc(C)cc1)(C(=O)OCC)C(=O)OCC. The summed E-state index contributed by atoms with van der Waals surface area (Å²) < 4.78 is 14.2. The van der Waals surface area contributed by atoms with Crippen LogP contribution in [0.3, 0.4) is 0 Å². The van der Waals surface area contributed by atoms with Crippen LogP contribution in [-0.4, -0.2) is 55.1 Å². The van der Waals surface area contributed by atoms with Gasteiger partial charge in [-0.25, -0.2) is 0 Å². The molecule has 0 N–H and O–H groups in total. The van der Waals surface area contributed by atoms with Crippen molar-refractivity contribution in [1.82, 2.24) is 0 Å². The van der Waals surface area contributed by atoms with Crippen molar-refractivity contribution in [1.29, 1.82) is 0 Å². The maximum absolute atomic E-state index is 13.1. The van der Waals surface area contributed by atoms with E-state index in [4.69, 9.17) is 9.47 Å². The molecule has 0 saturated heterocycles. The molecule has 0 saturated carbocycles. The van der Waals surface area contributed by atoms with Gasteiger partial charge in [0.25, 0.3) is 0 Å². The Hall–Kier alpha value is -2.10. The first-order valence-corrected chi connectivity index (χ1v) is 14.5. The Morgan fingerprint density at radius 1 is 0.879 bits per heavy atom. The Bertz CT molecular complexity index is 945. The average Bonchev–Trinajstić information content (AvgIpc) is 2.79. The minimum atomic E-state index is -1.42. The minimum absolute atomic E-state index is 0.0500. The van der Waals surface area contributed by atoms with E-state index in [9.17, 15) is 9.59 Å². The Kier molecular flexibility index (Phi) is 11.2. The van der Waals surface area contributed by atoms with E-state index in [0.717, 1.165) is 4.47 Å². The summed E-state index contributed by atoms with van der Waals surface area (Å²) in [5.74, 6) is -1.09. The van der Waals surface area contributed by atoms with Gasteiger partial charge in [-0.1, -0.05) is 0 Å². The Morgan fingerprint density at radius 2 is 1.36 bits per heavy atom. The van der Waals surface area contributed by atoms with Crippen molar-refractivity contribution >= 4 is 50.8 Å². The van der Waals surface area contributed by atoms with Gasteiger partial charge in [-0.3, -0.25) is 0 Å². The maximum atomic E-state index is 13.1. The number of esters is 2. The van der Waals surface area contributed by atoms with Crippen molar-refractivity contribution < 1.29 is 19.1 Å². The quantitative estimate of drug-likeness (QED) is 0.167. The fraction of sp³-hybridized carbons (Fsp3) is 0.333. The zero-order valence-electron chi connectivity index (χ0n) is 19.8. The van der Waals surface area contributed by atoms with Gasteiger partial charge in [0.2, 0.25) is 0 Å². The molecule has 0 aliphatic carbocycles. The number of benzene rings is 2. The standard InChI is InChI=1S/C27H32O4Se2/c1-6-17-27(25(28)30-7-2,26(29)31-8-3)18-24(33-23-15-11-21(5)12-16-23)19-32-22-13-9-20(4)10-14-22/h6,9-16,19H,1,7-8,17-18H2,2-5H3/b24-19-. The molecule has 0 aliphatic heterocycles. The van der Waals surface area contributed by atoms with Crippen LogP contribution in [-0.2, 0) is 19.1 Å². The second-order valence-corrected chi connectivity index (χ2v) is 12.1. The van der Waals surface area contributed by atoms with Crippen LogP contribution in [0.15, 0.2) is 70.6 Å². The Morgan fingerprint density at radius 3 is 1.82 bits per heavy atom. The fourth-order valence-electron chi connectivity index (χ4n) is 3.16. The first kappa shape index (κ1) is 27.1. The number of hydrogen-bond donors (Lipinski definition) is 0. The molecule has 4 nitrogen and oxygen atoms in total. The molecule has 2 aromatic rings. The molecule has 33 heavy (non-hydrogen) atoms. The summed E-state index contributed by atoms with van der Waals surface area (Å²) in [6.07, 6.45) is 2.04. The van der Waals surface area contributed by atoms with Crippen LogP contribution in [0.25, 0.3) is 0 Å². The monoisotopic (exact) mass is 580 g/mol. The molecule has 0 radical (unpaired) electrons. The van der Waals surface area contributed by atoms with Gasteiger partial charge in [-0.05, 0) is 0 Å².